The highest BCUT2D eigenvalue weighted by molar-refractivity contribution is 5.87. The Morgan fingerprint density at radius 3 is 2.50 bits per heavy atom. The van der Waals surface area contributed by atoms with Crippen LogP contribution in [0.2, 0.25) is 0 Å². The molecule has 0 radical (unpaired) electrons. The topological polar surface area (TPSA) is 65.2 Å². The second-order valence-electron chi connectivity index (χ2n) is 5.87. The van der Waals surface area contributed by atoms with Crippen LogP contribution in [0, 0.1) is 0 Å². The van der Waals surface area contributed by atoms with Crippen LogP contribution in [-0.4, -0.2) is 16.1 Å². The maximum atomic E-state index is 12.5. The zero-order valence-electron chi connectivity index (χ0n) is 13.0. The molecule has 5 nitrogen and oxygen atoms in total. The Morgan fingerprint density at radius 1 is 1.08 bits per heavy atom. The highest BCUT2D eigenvalue weighted by Gasteiger charge is 2.30. The van der Waals surface area contributed by atoms with Crippen molar-refractivity contribution in [2.45, 2.75) is 24.9 Å². The molecule has 0 aliphatic heterocycles. The third-order valence-electron chi connectivity index (χ3n) is 4.05. The second kappa shape index (κ2) is 6.28. The molecule has 0 spiro atoms. The summed E-state index contributed by atoms with van der Waals surface area (Å²) in [6.07, 6.45) is 5.03. The van der Waals surface area contributed by atoms with Gasteiger partial charge in [-0.1, -0.05) is 35.5 Å². The van der Waals surface area contributed by atoms with E-state index in [1.54, 1.807) is 18.5 Å². The summed E-state index contributed by atoms with van der Waals surface area (Å²) in [7, 11) is 0. The van der Waals surface area contributed by atoms with E-state index in [0.717, 1.165) is 29.7 Å². The van der Waals surface area contributed by atoms with Crippen LogP contribution in [0.3, 0.4) is 0 Å². The maximum Gasteiger partial charge on any atom is 0.361 e. The molecule has 2 heterocycles. The fourth-order valence-corrected chi connectivity index (χ4v) is 2.61. The number of nitrogens with zero attached hydrogens (tertiary/aromatic N) is 2. The van der Waals surface area contributed by atoms with Gasteiger partial charge in [0.2, 0.25) is 0 Å². The standard InChI is InChI=1S/C19H16N2O3/c22-19(16-12-17(24-21-16)13-6-7-13)23-18(14-4-2-1-3-5-14)15-8-10-20-11-9-15/h1-5,8-13,18H,6-7H2. The van der Waals surface area contributed by atoms with Gasteiger partial charge >= 0.3 is 5.97 Å². The first-order chi connectivity index (χ1) is 11.8. The minimum Gasteiger partial charge on any atom is -0.448 e. The van der Waals surface area contributed by atoms with Crippen molar-refractivity contribution in [3.63, 3.8) is 0 Å². The summed E-state index contributed by atoms with van der Waals surface area (Å²) in [6, 6.07) is 15.0. The van der Waals surface area contributed by atoms with Gasteiger partial charge in [0.25, 0.3) is 0 Å². The summed E-state index contributed by atoms with van der Waals surface area (Å²) in [4.78, 5) is 16.5. The van der Waals surface area contributed by atoms with Crippen LogP contribution in [0.4, 0.5) is 0 Å². The predicted molar refractivity (Wildman–Crippen MR) is 86.4 cm³/mol. The molecular weight excluding hydrogens is 304 g/mol. The van der Waals surface area contributed by atoms with Crippen LogP contribution >= 0.6 is 0 Å². The van der Waals surface area contributed by atoms with Crippen molar-refractivity contribution in [1.82, 2.24) is 10.1 Å². The average Bonchev–Trinajstić information content (AvgIpc) is 3.38. The first-order valence-electron chi connectivity index (χ1n) is 7.94. The number of esters is 1. The number of pyridine rings is 1. The Kier molecular flexibility index (Phi) is 3.83. The van der Waals surface area contributed by atoms with Gasteiger partial charge in [-0.2, -0.15) is 0 Å². The molecule has 3 aromatic rings. The molecule has 1 saturated carbocycles. The second-order valence-corrected chi connectivity index (χ2v) is 5.87. The van der Waals surface area contributed by atoms with E-state index in [-0.39, 0.29) is 5.69 Å². The lowest BCUT2D eigenvalue weighted by Gasteiger charge is -2.18. The highest BCUT2D eigenvalue weighted by atomic mass is 16.5. The number of hydrogen-bond acceptors (Lipinski definition) is 5. The summed E-state index contributed by atoms with van der Waals surface area (Å²) in [6.45, 7) is 0. The maximum absolute atomic E-state index is 12.5. The first-order valence-corrected chi connectivity index (χ1v) is 7.94. The SMILES string of the molecule is O=C(OC(c1ccccc1)c1ccncc1)c1cc(C2CC2)on1. The molecule has 5 heteroatoms. The minimum absolute atomic E-state index is 0.215. The molecule has 120 valence electrons. The molecule has 1 atom stereocenters. The number of benzene rings is 1. The number of carbonyl (C=O) groups is 1. The number of ether oxygens (including phenoxy) is 1. The molecule has 1 aliphatic carbocycles. The van der Waals surface area contributed by atoms with Gasteiger partial charge in [-0.25, -0.2) is 4.79 Å². The van der Waals surface area contributed by atoms with Gasteiger partial charge in [-0.3, -0.25) is 4.98 Å². The zero-order chi connectivity index (χ0) is 16.4. The summed E-state index contributed by atoms with van der Waals surface area (Å²) in [5.41, 5.74) is 1.96. The molecule has 1 unspecified atom stereocenters. The van der Waals surface area contributed by atoms with Crippen LogP contribution < -0.4 is 0 Å². The fourth-order valence-electron chi connectivity index (χ4n) is 2.61. The van der Waals surface area contributed by atoms with E-state index in [2.05, 4.69) is 10.1 Å². The van der Waals surface area contributed by atoms with E-state index in [0.29, 0.717) is 5.92 Å². The third-order valence-corrected chi connectivity index (χ3v) is 4.05. The average molecular weight is 320 g/mol. The normalized spacial score (nSPS) is 15.0. The Bertz CT molecular complexity index is 787. The molecule has 4 rings (SSSR count). The van der Waals surface area contributed by atoms with Crippen LogP contribution in [-0.2, 0) is 4.74 Å². The van der Waals surface area contributed by atoms with E-state index in [1.807, 2.05) is 42.5 Å². The van der Waals surface area contributed by atoms with Gasteiger partial charge in [0, 0.05) is 29.9 Å². The van der Waals surface area contributed by atoms with Crippen molar-refractivity contribution in [3.05, 3.63) is 83.5 Å². The van der Waals surface area contributed by atoms with E-state index in [4.69, 9.17) is 9.26 Å². The van der Waals surface area contributed by atoms with E-state index in [9.17, 15) is 4.79 Å². The highest BCUT2D eigenvalue weighted by Crippen LogP contribution is 2.40. The number of hydrogen-bond donors (Lipinski definition) is 0. The Balaban J connectivity index is 1.60. The zero-order valence-corrected chi connectivity index (χ0v) is 13.0. The van der Waals surface area contributed by atoms with Gasteiger partial charge in [0.15, 0.2) is 11.8 Å². The molecule has 1 aromatic carbocycles. The van der Waals surface area contributed by atoms with E-state index in [1.165, 1.54) is 0 Å². The Morgan fingerprint density at radius 2 is 1.79 bits per heavy atom. The van der Waals surface area contributed by atoms with Gasteiger partial charge in [0.1, 0.15) is 5.76 Å². The molecular formula is C19H16N2O3. The summed E-state index contributed by atoms with van der Waals surface area (Å²) in [5, 5.41) is 3.86. The quantitative estimate of drug-likeness (QED) is 0.667. The lowest BCUT2D eigenvalue weighted by Crippen LogP contribution is -2.13. The van der Waals surface area contributed by atoms with Crippen molar-refractivity contribution in [3.8, 4) is 0 Å². The number of carbonyl (C=O) groups excluding carboxylic acids is 1. The van der Waals surface area contributed by atoms with E-state index < -0.39 is 12.1 Å². The summed E-state index contributed by atoms with van der Waals surface area (Å²) >= 11 is 0. The number of aromatic nitrogens is 2. The third kappa shape index (κ3) is 3.06. The molecule has 0 amide bonds. The van der Waals surface area contributed by atoms with E-state index >= 15 is 0 Å². The Hall–Kier alpha value is -2.95. The van der Waals surface area contributed by atoms with Crippen molar-refractivity contribution in [2.75, 3.05) is 0 Å². The molecule has 0 saturated heterocycles. The molecule has 0 N–H and O–H groups in total. The summed E-state index contributed by atoms with van der Waals surface area (Å²) < 4.78 is 11.0. The number of rotatable bonds is 5. The molecule has 0 bridgehead atoms. The van der Waals surface area contributed by atoms with Crippen LogP contribution in [0.15, 0.2) is 65.4 Å². The molecule has 24 heavy (non-hydrogen) atoms. The molecule has 1 aliphatic rings. The first kappa shape index (κ1) is 14.6. The molecule has 2 aromatic heterocycles. The van der Waals surface area contributed by atoms with Crippen molar-refractivity contribution in [2.24, 2.45) is 0 Å². The largest absolute Gasteiger partial charge is 0.448 e. The molecule has 1 fully saturated rings. The minimum atomic E-state index is -0.511. The van der Waals surface area contributed by atoms with Crippen molar-refractivity contribution < 1.29 is 14.1 Å². The fraction of sp³-hybridized carbons (Fsp3) is 0.211. The van der Waals surface area contributed by atoms with Crippen LogP contribution in [0.25, 0.3) is 0 Å². The predicted octanol–water partition coefficient (Wildman–Crippen LogP) is 3.89. The van der Waals surface area contributed by atoms with Crippen molar-refractivity contribution >= 4 is 5.97 Å². The van der Waals surface area contributed by atoms with Crippen LogP contribution in [0.1, 0.15) is 52.2 Å². The van der Waals surface area contributed by atoms with Gasteiger partial charge in [0.05, 0.1) is 0 Å². The lowest BCUT2D eigenvalue weighted by molar-refractivity contribution is 0.0366. The lowest BCUT2D eigenvalue weighted by atomic mass is 10.0. The van der Waals surface area contributed by atoms with Crippen LogP contribution in [0.5, 0.6) is 0 Å². The smallest absolute Gasteiger partial charge is 0.361 e. The summed E-state index contributed by atoms with van der Waals surface area (Å²) in [5.74, 6) is 0.683. The van der Waals surface area contributed by atoms with Gasteiger partial charge in [-0.05, 0) is 30.5 Å². The van der Waals surface area contributed by atoms with Crippen molar-refractivity contribution in [1.29, 1.82) is 0 Å². The van der Waals surface area contributed by atoms with Gasteiger partial charge in [-0.15, -0.1) is 0 Å². The monoisotopic (exact) mass is 320 g/mol. The Labute approximate surface area is 139 Å². The van der Waals surface area contributed by atoms with Gasteiger partial charge < -0.3 is 9.26 Å².